The zero-order valence-electron chi connectivity index (χ0n) is 11.1. The third-order valence-corrected chi connectivity index (χ3v) is 2.82. The molecule has 5 heteroatoms. The number of nitrogens with one attached hydrogen (secondary N) is 1. The van der Waals surface area contributed by atoms with Gasteiger partial charge in [0.05, 0.1) is 5.69 Å². The largest absolute Gasteiger partial charge is 0.417 e. The van der Waals surface area contributed by atoms with Gasteiger partial charge in [0.15, 0.2) is 0 Å². The zero-order valence-corrected chi connectivity index (χ0v) is 11.1. The van der Waals surface area contributed by atoms with E-state index in [9.17, 15) is 4.79 Å². The predicted molar refractivity (Wildman–Crippen MR) is 79.7 cm³/mol. The molecule has 0 atom stereocenters. The molecule has 2 aromatic carbocycles. The van der Waals surface area contributed by atoms with E-state index in [1.807, 2.05) is 36.5 Å². The van der Waals surface area contributed by atoms with E-state index in [-0.39, 0.29) is 0 Å². The molecule has 0 aliphatic carbocycles. The van der Waals surface area contributed by atoms with Crippen molar-refractivity contribution >= 4 is 11.8 Å². The van der Waals surface area contributed by atoms with Crippen molar-refractivity contribution in [2.75, 3.05) is 5.32 Å². The molecule has 0 fully saturated rings. The fraction of sp³-hybridized carbons (Fsp3) is 0. The van der Waals surface area contributed by atoms with Gasteiger partial charge in [0.25, 0.3) is 0 Å². The van der Waals surface area contributed by atoms with Gasteiger partial charge >= 0.3 is 6.09 Å². The molecule has 0 unspecified atom stereocenters. The fourth-order valence-electron chi connectivity index (χ4n) is 1.89. The van der Waals surface area contributed by atoms with E-state index < -0.39 is 6.09 Å². The highest BCUT2D eigenvalue weighted by molar-refractivity contribution is 5.86. The van der Waals surface area contributed by atoms with Crippen LogP contribution in [0.25, 0.3) is 5.69 Å². The predicted octanol–water partition coefficient (Wildman–Crippen LogP) is 3.48. The number of benzene rings is 2. The van der Waals surface area contributed by atoms with Crippen LogP contribution in [0.2, 0.25) is 0 Å². The average molecular weight is 279 g/mol. The Hall–Kier alpha value is -3.08. The van der Waals surface area contributed by atoms with E-state index >= 15 is 0 Å². The van der Waals surface area contributed by atoms with Crippen LogP contribution in [-0.2, 0) is 0 Å². The fourth-order valence-corrected chi connectivity index (χ4v) is 1.89. The van der Waals surface area contributed by atoms with Gasteiger partial charge in [-0.3, -0.25) is 5.32 Å². The van der Waals surface area contributed by atoms with E-state index in [0.717, 1.165) is 5.69 Å². The highest BCUT2D eigenvalue weighted by atomic mass is 16.6. The van der Waals surface area contributed by atoms with Crippen molar-refractivity contribution in [2.24, 2.45) is 0 Å². The number of nitrogens with zero attached hydrogens (tertiary/aromatic N) is 2. The molecule has 1 aromatic heterocycles. The van der Waals surface area contributed by atoms with E-state index in [0.29, 0.717) is 11.4 Å². The maximum atomic E-state index is 11.8. The summed E-state index contributed by atoms with van der Waals surface area (Å²) < 4.78 is 6.89. The first-order valence-electron chi connectivity index (χ1n) is 6.45. The lowest BCUT2D eigenvalue weighted by Gasteiger charge is -2.08. The molecular formula is C16H13N3O2. The van der Waals surface area contributed by atoms with Gasteiger partial charge in [0.2, 0.25) is 0 Å². The van der Waals surface area contributed by atoms with Crippen LogP contribution in [0.1, 0.15) is 0 Å². The third-order valence-electron chi connectivity index (χ3n) is 2.82. The maximum absolute atomic E-state index is 11.8. The van der Waals surface area contributed by atoms with Crippen molar-refractivity contribution in [3.05, 3.63) is 73.1 Å². The maximum Gasteiger partial charge on any atom is 0.417 e. The van der Waals surface area contributed by atoms with Crippen LogP contribution in [0.5, 0.6) is 5.75 Å². The summed E-state index contributed by atoms with van der Waals surface area (Å²) in [4.78, 5) is 11.8. The number of hydrogen-bond donors (Lipinski definition) is 1. The second-order valence-electron chi connectivity index (χ2n) is 4.33. The Bertz CT molecular complexity index is 724. The Balaban J connectivity index is 1.70. The third kappa shape index (κ3) is 3.27. The molecule has 0 aliphatic heterocycles. The average Bonchev–Trinajstić information content (AvgIpc) is 3.02. The molecule has 5 nitrogen and oxygen atoms in total. The van der Waals surface area contributed by atoms with Gasteiger partial charge in [-0.15, -0.1) is 0 Å². The van der Waals surface area contributed by atoms with Crippen molar-refractivity contribution in [3.63, 3.8) is 0 Å². The summed E-state index contributed by atoms with van der Waals surface area (Å²) in [7, 11) is 0. The molecule has 0 saturated carbocycles. The number of rotatable bonds is 3. The molecule has 0 spiro atoms. The van der Waals surface area contributed by atoms with Gasteiger partial charge in [0, 0.05) is 18.1 Å². The molecule has 21 heavy (non-hydrogen) atoms. The number of amides is 1. The molecule has 0 aliphatic rings. The van der Waals surface area contributed by atoms with Gasteiger partial charge < -0.3 is 4.74 Å². The molecule has 3 aromatic rings. The Morgan fingerprint density at radius 2 is 1.90 bits per heavy atom. The number of aromatic nitrogens is 2. The van der Waals surface area contributed by atoms with Gasteiger partial charge in [0.1, 0.15) is 5.75 Å². The summed E-state index contributed by atoms with van der Waals surface area (Å²) in [6.07, 6.45) is 3.00. The Kier molecular flexibility index (Phi) is 3.64. The van der Waals surface area contributed by atoms with Crippen molar-refractivity contribution < 1.29 is 9.53 Å². The minimum Gasteiger partial charge on any atom is -0.410 e. The molecule has 3 rings (SSSR count). The molecule has 0 bridgehead atoms. The Labute approximate surface area is 121 Å². The lowest BCUT2D eigenvalue weighted by atomic mass is 10.3. The molecule has 1 N–H and O–H groups in total. The molecular weight excluding hydrogens is 266 g/mol. The van der Waals surface area contributed by atoms with E-state index in [2.05, 4.69) is 10.4 Å². The number of ether oxygens (including phenoxy) is 1. The number of carbonyl (C=O) groups is 1. The standard InChI is InChI=1S/C16H13N3O2/c20-16(21-15-8-2-1-3-9-15)18-13-6-4-7-14(12-13)19-11-5-10-17-19/h1-12H,(H,18,20). The van der Waals surface area contributed by atoms with Crippen molar-refractivity contribution in [1.82, 2.24) is 9.78 Å². The summed E-state index contributed by atoms with van der Waals surface area (Å²) in [5.41, 5.74) is 1.50. The molecule has 0 saturated heterocycles. The summed E-state index contributed by atoms with van der Waals surface area (Å²) >= 11 is 0. The molecule has 104 valence electrons. The number of hydrogen-bond acceptors (Lipinski definition) is 3. The summed E-state index contributed by atoms with van der Waals surface area (Å²) in [6.45, 7) is 0. The number of carbonyl (C=O) groups excluding carboxylic acids is 1. The van der Waals surface area contributed by atoms with Crippen molar-refractivity contribution in [3.8, 4) is 11.4 Å². The van der Waals surface area contributed by atoms with Gasteiger partial charge in [-0.2, -0.15) is 5.10 Å². The van der Waals surface area contributed by atoms with Crippen LogP contribution < -0.4 is 10.1 Å². The molecule has 1 heterocycles. The van der Waals surface area contributed by atoms with Crippen LogP contribution in [0.4, 0.5) is 10.5 Å². The number of para-hydroxylation sites is 1. The van der Waals surface area contributed by atoms with Crippen molar-refractivity contribution in [1.29, 1.82) is 0 Å². The first-order chi connectivity index (χ1) is 10.3. The van der Waals surface area contributed by atoms with Gasteiger partial charge in [-0.05, 0) is 36.4 Å². The van der Waals surface area contributed by atoms with Gasteiger partial charge in [-0.1, -0.05) is 24.3 Å². The summed E-state index contributed by atoms with van der Waals surface area (Å²) in [5, 5.41) is 6.84. The highest BCUT2D eigenvalue weighted by Crippen LogP contribution is 2.15. The molecule has 0 radical (unpaired) electrons. The zero-order chi connectivity index (χ0) is 14.5. The lowest BCUT2D eigenvalue weighted by Crippen LogP contribution is -2.16. The highest BCUT2D eigenvalue weighted by Gasteiger charge is 2.05. The first-order valence-corrected chi connectivity index (χ1v) is 6.45. The monoisotopic (exact) mass is 279 g/mol. The lowest BCUT2D eigenvalue weighted by molar-refractivity contribution is 0.215. The van der Waals surface area contributed by atoms with E-state index in [4.69, 9.17) is 4.74 Å². The minimum atomic E-state index is -0.529. The smallest absolute Gasteiger partial charge is 0.410 e. The van der Waals surface area contributed by atoms with E-state index in [1.165, 1.54) is 0 Å². The van der Waals surface area contributed by atoms with Crippen LogP contribution in [0.3, 0.4) is 0 Å². The van der Waals surface area contributed by atoms with Crippen LogP contribution in [0.15, 0.2) is 73.1 Å². The molecule has 1 amide bonds. The topological polar surface area (TPSA) is 56.2 Å². The quantitative estimate of drug-likeness (QED) is 0.798. The normalized spacial score (nSPS) is 10.1. The minimum absolute atomic E-state index is 0.498. The van der Waals surface area contributed by atoms with Crippen molar-refractivity contribution in [2.45, 2.75) is 0 Å². The van der Waals surface area contributed by atoms with Crippen LogP contribution >= 0.6 is 0 Å². The summed E-state index contributed by atoms with van der Waals surface area (Å²) in [6, 6.07) is 18.1. The second kappa shape index (κ2) is 5.92. The second-order valence-corrected chi connectivity index (χ2v) is 4.33. The Morgan fingerprint density at radius 3 is 2.67 bits per heavy atom. The number of anilines is 1. The van der Waals surface area contributed by atoms with Crippen LogP contribution in [-0.4, -0.2) is 15.9 Å². The first kappa shape index (κ1) is 12.9. The van der Waals surface area contributed by atoms with Crippen LogP contribution in [0, 0.1) is 0 Å². The summed E-state index contributed by atoms with van der Waals surface area (Å²) in [5.74, 6) is 0.498. The van der Waals surface area contributed by atoms with Gasteiger partial charge in [-0.25, -0.2) is 9.48 Å². The van der Waals surface area contributed by atoms with E-state index in [1.54, 1.807) is 41.2 Å². The Morgan fingerprint density at radius 1 is 1.05 bits per heavy atom. The SMILES string of the molecule is O=C(Nc1cccc(-n2cccn2)c1)Oc1ccccc1.